The quantitative estimate of drug-likeness (QED) is 0.794. The molecule has 94 valence electrons. The van der Waals surface area contributed by atoms with Crippen LogP contribution >= 0.6 is 11.6 Å². The third-order valence-electron chi connectivity index (χ3n) is 2.00. The van der Waals surface area contributed by atoms with Crippen LogP contribution in [-0.4, -0.2) is 30.6 Å². The van der Waals surface area contributed by atoms with Gasteiger partial charge in [0, 0.05) is 25.5 Å². The molecule has 1 aromatic heterocycles. The van der Waals surface area contributed by atoms with Gasteiger partial charge in [-0.3, -0.25) is 9.78 Å². The number of halogens is 1. The van der Waals surface area contributed by atoms with E-state index in [0.717, 1.165) is 0 Å². The van der Waals surface area contributed by atoms with Gasteiger partial charge < -0.3 is 10.1 Å². The van der Waals surface area contributed by atoms with Crippen LogP contribution in [0.25, 0.3) is 0 Å². The largest absolute Gasteiger partial charge is 0.379 e. The number of carbonyl (C=O) groups excluding carboxylic acids is 1. The van der Waals surface area contributed by atoms with Crippen LogP contribution < -0.4 is 5.32 Å². The zero-order valence-corrected chi connectivity index (χ0v) is 10.8. The highest BCUT2D eigenvalue weighted by molar-refractivity contribution is 6.33. The van der Waals surface area contributed by atoms with Crippen molar-refractivity contribution in [1.82, 2.24) is 10.3 Å². The lowest BCUT2D eigenvalue weighted by Gasteiger charge is -2.08. The smallest absolute Gasteiger partial charge is 0.252 e. The highest BCUT2D eigenvalue weighted by atomic mass is 35.5. The number of amides is 1. The Morgan fingerprint density at radius 2 is 2.35 bits per heavy atom. The van der Waals surface area contributed by atoms with E-state index in [4.69, 9.17) is 16.3 Å². The van der Waals surface area contributed by atoms with Gasteiger partial charge in [-0.2, -0.15) is 0 Å². The van der Waals surface area contributed by atoms with E-state index in [2.05, 4.69) is 24.1 Å². The van der Waals surface area contributed by atoms with Crippen LogP contribution in [0, 0.1) is 5.92 Å². The molecule has 5 heteroatoms. The molecule has 17 heavy (non-hydrogen) atoms. The van der Waals surface area contributed by atoms with Gasteiger partial charge in [-0.25, -0.2) is 0 Å². The first-order valence-electron chi connectivity index (χ1n) is 5.56. The van der Waals surface area contributed by atoms with E-state index in [-0.39, 0.29) is 5.91 Å². The maximum Gasteiger partial charge on any atom is 0.252 e. The Balaban J connectivity index is 2.29. The van der Waals surface area contributed by atoms with E-state index >= 15 is 0 Å². The molecule has 1 rings (SSSR count). The Morgan fingerprint density at radius 1 is 1.59 bits per heavy atom. The lowest BCUT2D eigenvalue weighted by atomic mass is 10.2. The van der Waals surface area contributed by atoms with E-state index in [9.17, 15) is 4.79 Å². The number of nitrogens with one attached hydrogen (secondary N) is 1. The molecule has 0 saturated carbocycles. The molecule has 0 aliphatic rings. The highest BCUT2D eigenvalue weighted by Crippen LogP contribution is 2.12. The minimum absolute atomic E-state index is 0.203. The summed E-state index contributed by atoms with van der Waals surface area (Å²) in [7, 11) is 0. The van der Waals surface area contributed by atoms with Gasteiger partial charge in [0.2, 0.25) is 0 Å². The molecule has 1 N–H and O–H groups in total. The number of nitrogens with zero attached hydrogens (tertiary/aromatic N) is 1. The van der Waals surface area contributed by atoms with E-state index in [0.29, 0.717) is 36.3 Å². The van der Waals surface area contributed by atoms with Gasteiger partial charge in [0.1, 0.15) is 0 Å². The average Bonchev–Trinajstić information content (AvgIpc) is 2.28. The van der Waals surface area contributed by atoms with E-state index in [1.807, 2.05) is 0 Å². The van der Waals surface area contributed by atoms with Crippen LogP contribution in [-0.2, 0) is 4.74 Å². The number of hydrogen-bond acceptors (Lipinski definition) is 3. The molecule has 0 saturated heterocycles. The number of aromatic nitrogens is 1. The summed E-state index contributed by atoms with van der Waals surface area (Å²) in [4.78, 5) is 15.5. The van der Waals surface area contributed by atoms with E-state index < -0.39 is 0 Å². The maximum absolute atomic E-state index is 11.7. The van der Waals surface area contributed by atoms with Gasteiger partial charge in [0.15, 0.2) is 0 Å². The van der Waals surface area contributed by atoms with Crippen molar-refractivity contribution in [2.75, 3.05) is 19.8 Å². The second kappa shape index (κ2) is 7.25. The predicted octanol–water partition coefficient (Wildman–Crippen LogP) is 2.14. The summed E-state index contributed by atoms with van der Waals surface area (Å²) in [6.07, 6.45) is 2.99. The first kappa shape index (κ1) is 13.9. The predicted molar refractivity (Wildman–Crippen MR) is 67.2 cm³/mol. The first-order valence-corrected chi connectivity index (χ1v) is 5.94. The zero-order valence-electron chi connectivity index (χ0n) is 10.1. The fraction of sp³-hybridized carbons (Fsp3) is 0.500. The summed E-state index contributed by atoms with van der Waals surface area (Å²) in [5.41, 5.74) is 0.436. The van der Waals surface area contributed by atoms with Crippen molar-refractivity contribution in [3.8, 4) is 0 Å². The lowest BCUT2D eigenvalue weighted by molar-refractivity contribution is 0.0886. The number of ether oxygens (including phenoxy) is 1. The third kappa shape index (κ3) is 5.15. The van der Waals surface area contributed by atoms with Gasteiger partial charge in [-0.05, 0) is 12.0 Å². The Hall–Kier alpha value is -1.13. The van der Waals surface area contributed by atoms with Gasteiger partial charge in [-0.1, -0.05) is 25.4 Å². The maximum atomic E-state index is 11.7. The molecule has 1 amide bonds. The summed E-state index contributed by atoms with van der Waals surface area (Å²) in [5.74, 6) is 0.297. The Labute approximate surface area is 106 Å². The average molecular weight is 257 g/mol. The Bertz CT molecular complexity index is 369. The Kier molecular flexibility index (Phi) is 5.94. The van der Waals surface area contributed by atoms with E-state index in [1.165, 1.54) is 12.4 Å². The standard InChI is InChI=1S/C12H17ClN2O2/c1-9(2)8-17-6-5-15-12(16)10-3-4-14-7-11(10)13/h3-4,7,9H,5-6,8H2,1-2H3,(H,15,16). The molecular formula is C12H17ClN2O2. The minimum atomic E-state index is -0.203. The van der Waals surface area contributed by atoms with E-state index in [1.54, 1.807) is 6.07 Å². The molecule has 0 aliphatic carbocycles. The molecule has 0 unspecified atom stereocenters. The molecule has 0 atom stereocenters. The fourth-order valence-corrected chi connectivity index (χ4v) is 1.42. The van der Waals surface area contributed by atoms with Crippen molar-refractivity contribution in [3.63, 3.8) is 0 Å². The summed E-state index contributed by atoms with van der Waals surface area (Å²) >= 11 is 5.85. The minimum Gasteiger partial charge on any atom is -0.379 e. The van der Waals surface area contributed by atoms with Crippen LogP contribution in [0.4, 0.5) is 0 Å². The molecule has 0 fully saturated rings. The fourth-order valence-electron chi connectivity index (χ4n) is 1.21. The summed E-state index contributed by atoms with van der Waals surface area (Å²) in [6.45, 7) is 5.84. The number of rotatable bonds is 6. The normalized spacial score (nSPS) is 10.6. The molecule has 0 radical (unpaired) electrons. The second-order valence-corrected chi connectivity index (χ2v) is 4.49. The molecule has 1 aromatic rings. The van der Waals surface area contributed by atoms with Crippen molar-refractivity contribution >= 4 is 17.5 Å². The molecule has 0 spiro atoms. The third-order valence-corrected chi connectivity index (χ3v) is 2.30. The lowest BCUT2D eigenvalue weighted by Crippen LogP contribution is -2.27. The number of hydrogen-bond donors (Lipinski definition) is 1. The number of carbonyl (C=O) groups is 1. The van der Waals surface area contributed by atoms with Crippen molar-refractivity contribution < 1.29 is 9.53 Å². The van der Waals surface area contributed by atoms with Crippen molar-refractivity contribution in [2.45, 2.75) is 13.8 Å². The van der Waals surface area contributed by atoms with Crippen LogP contribution in [0.2, 0.25) is 5.02 Å². The monoisotopic (exact) mass is 256 g/mol. The van der Waals surface area contributed by atoms with Gasteiger partial charge in [0.05, 0.1) is 17.2 Å². The first-order chi connectivity index (χ1) is 8.11. The zero-order chi connectivity index (χ0) is 12.7. The molecule has 0 aliphatic heterocycles. The van der Waals surface area contributed by atoms with Crippen LogP contribution in [0.15, 0.2) is 18.5 Å². The van der Waals surface area contributed by atoms with Crippen LogP contribution in [0.1, 0.15) is 24.2 Å². The summed E-state index contributed by atoms with van der Waals surface area (Å²) < 4.78 is 5.35. The highest BCUT2D eigenvalue weighted by Gasteiger charge is 2.08. The summed E-state index contributed by atoms with van der Waals surface area (Å²) in [5, 5.41) is 3.09. The molecule has 0 bridgehead atoms. The molecule has 4 nitrogen and oxygen atoms in total. The number of pyridine rings is 1. The van der Waals surface area contributed by atoms with Crippen molar-refractivity contribution in [3.05, 3.63) is 29.0 Å². The molecule has 0 aromatic carbocycles. The second-order valence-electron chi connectivity index (χ2n) is 4.08. The van der Waals surface area contributed by atoms with Gasteiger partial charge in [0.25, 0.3) is 5.91 Å². The molecular weight excluding hydrogens is 240 g/mol. The van der Waals surface area contributed by atoms with Crippen molar-refractivity contribution in [2.24, 2.45) is 5.92 Å². The van der Waals surface area contributed by atoms with Gasteiger partial charge >= 0.3 is 0 Å². The topological polar surface area (TPSA) is 51.2 Å². The van der Waals surface area contributed by atoms with Gasteiger partial charge in [-0.15, -0.1) is 0 Å². The SMILES string of the molecule is CC(C)COCCNC(=O)c1ccncc1Cl. The van der Waals surface area contributed by atoms with Crippen molar-refractivity contribution in [1.29, 1.82) is 0 Å². The molecule has 1 heterocycles. The Morgan fingerprint density at radius 3 is 3.00 bits per heavy atom. The van der Waals surface area contributed by atoms with Crippen LogP contribution in [0.5, 0.6) is 0 Å². The summed E-state index contributed by atoms with van der Waals surface area (Å²) in [6, 6.07) is 1.59. The van der Waals surface area contributed by atoms with Crippen LogP contribution in [0.3, 0.4) is 0 Å².